The molecule has 3 aliphatic heterocycles. The Bertz CT molecular complexity index is 4440. The van der Waals surface area contributed by atoms with Crippen molar-refractivity contribution in [3.8, 4) is 0 Å². The molecule has 0 saturated heterocycles. The van der Waals surface area contributed by atoms with Gasteiger partial charge in [0.25, 0.3) is 0 Å². The second kappa shape index (κ2) is 50.1. The second-order valence-electron chi connectivity index (χ2n) is 30.3. The summed E-state index contributed by atoms with van der Waals surface area (Å²) in [7, 11) is -5.74. The highest BCUT2D eigenvalue weighted by atomic mass is 35.5. The topological polar surface area (TPSA) is 393 Å². The number of likely N-dealkylation sites (N-methyl/N-ethyl adjacent to an activating group) is 3. The summed E-state index contributed by atoms with van der Waals surface area (Å²) in [5.74, 6) is -2.15. The Hall–Kier alpha value is -6.82. The Morgan fingerprint density at radius 2 is 0.659 bits per heavy atom. The molecule has 0 saturated carbocycles. The quantitative estimate of drug-likeness (QED) is 0.0158. The SMILES string of the molecule is CN1Cc2c(Cl)cc(Cl)cc2[C@H](c2cccc(S(=O)(=O)NCCOCCOCCNC(=O)NCCCC(CCCNC(=O)NCCOCCOCCNS(=O)(=O)c3cccc([C@@H]4CN(C)Cc5c(Cl)cc(Cl)cc54)c3)(CCCNC(=O)NCCOCCOCCNS(=O)(=O)c3cccc([C@@H]4CN(C)Cc5c(Cl)cc(Cl)cc54)c3)NC(=O)CCC(=O)O)c2)C1. The number of halogens is 6. The van der Waals surface area contributed by atoms with Crippen LogP contribution in [0.4, 0.5) is 14.4 Å². The molecule has 6 aromatic rings. The van der Waals surface area contributed by atoms with Crippen molar-refractivity contribution in [1.29, 1.82) is 0 Å². The molecule has 0 aromatic heterocycles. The maximum atomic E-state index is 13.6. The van der Waals surface area contributed by atoms with Gasteiger partial charge in [0.05, 0.1) is 100 Å². The summed E-state index contributed by atoms with van der Waals surface area (Å²) < 4.78 is 122. The molecule has 3 heterocycles. The number of nitrogens with one attached hydrogen (secondary N) is 10. The van der Waals surface area contributed by atoms with Crippen LogP contribution < -0.4 is 51.4 Å². The fraction of sp³-hybridized carbons (Fsp3) is 0.506. The Balaban J connectivity index is 0.672. The third-order valence-corrected chi connectivity index (χ3v) is 26.9. The molecule has 0 fully saturated rings. The number of urea groups is 3. The lowest BCUT2D eigenvalue weighted by molar-refractivity contribution is -0.139. The number of ether oxygens (including phenoxy) is 6. The van der Waals surface area contributed by atoms with Gasteiger partial charge in [0.1, 0.15) is 0 Å². The molecule has 9 rings (SSSR count). The number of amides is 7. The van der Waals surface area contributed by atoms with E-state index in [1.165, 1.54) is 18.2 Å². The van der Waals surface area contributed by atoms with Crippen LogP contribution in [0.25, 0.3) is 0 Å². The number of sulfonamides is 3. The number of carboxylic acids is 1. The number of aliphatic carboxylic acids is 1. The summed E-state index contributed by atoms with van der Waals surface area (Å²) in [6.45, 7) is 6.31. The fourth-order valence-electron chi connectivity index (χ4n) is 15.0. The molecule has 0 bridgehead atoms. The highest BCUT2D eigenvalue weighted by Crippen LogP contribution is 2.43. The van der Waals surface area contributed by atoms with Gasteiger partial charge in [0.2, 0.25) is 36.0 Å². The van der Waals surface area contributed by atoms with E-state index in [4.69, 9.17) is 98.0 Å². The minimum Gasteiger partial charge on any atom is -0.481 e. The summed E-state index contributed by atoms with van der Waals surface area (Å²) in [4.78, 5) is 70.9. The lowest BCUT2D eigenvalue weighted by Crippen LogP contribution is -2.50. The molecule has 3 atom stereocenters. The Labute approximate surface area is 750 Å². The molecule has 0 aliphatic carbocycles. The number of hydrogen-bond acceptors (Lipinski definition) is 20. The maximum Gasteiger partial charge on any atom is 0.314 e. The zero-order valence-corrected chi connectivity index (χ0v) is 76.1. The van der Waals surface area contributed by atoms with E-state index < -0.39 is 72.0 Å². The first-order valence-corrected chi connectivity index (χ1v) is 47.4. The average Bonchev–Trinajstić information content (AvgIpc) is 0.780. The van der Waals surface area contributed by atoms with Crippen LogP contribution >= 0.6 is 69.6 Å². The molecule has 31 nitrogen and oxygen atoms in total. The monoisotopic (exact) mass is 1880 g/mol. The average molecular weight is 1890 g/mol. The van der Waals surface area contributed by atoms with Gasteiger partial charge in [0.15, 0.2) is 0 Å². The molecule has 123 heavy (non-hydrogen) atoms. The van der Waals surface area contributed by atoms with Gasteiger partial charge in [-0.3, -0.25) is 9.59 Å². The van der Waals surface area contributed by atoms with Crippen molar-refractivity contribution in [2.24, 2.45) is 0 Å². The van der Waals surface area contributed by atoms with E-state index in [2.05, 4.69) is 66.1 Å². The van der Waals surface area contributed by atoms with E-state index in [0.29, 0.717) is 108 Å². The summed E-state index contributed by atoms with van der Waals surface area (Å²) in [5, 5.41) is 32.4. The van der Waals surface area contributed by atoms with E-state index in [1.54, 1.807) is 54.6 Å². The molecule has 676 valence electrons. The van der Waals surface area contributed by atoms with E-state index >= 15 is 0 Å². The largest absolute Gasteiger partial charge is 0.481 e. The third-order valence-electron chi connectivity index (χ3n) is 20.8. The molecule has 40 heteroatoms. The van der Waals surface area contributed by atoms with Gasteiger partial charge in [-0.2, -0.15) is 0 Å². The number of carbonyl (C=O) groups excluding carboxylic acids is 4. The van der Waals surface area contributed by atoms with Crippen LogP contribution in [0.15, 0.2) is 124 Å². The second-order valence-corrected chi connectivity index (χ2v) is 38.1. The van der Waals surface area contributed by atoms with Gasteiger partial charge in [-0.15, -0.1) is 0 Å². The third kappa shape index (κ3) is 32.5. The molecule has 6 aromatic carbocycles. The van der Waals surface area contributed by atoms with Crippen LogP contribution in [0.2, 0.25) is 30.1 Å². The number of carbonyl (C=O) groups is 5. The molecule has 3 aliphatic rings. The molecular formula is C83H111Cl6N13O18S3. The van der Waals surface area contributed by atoms with Crippen molar-refractivity contribution >= 4 is 130 Å². The van der Waals surface area contributed by atoms with Gasteiger partial charge in [0, 0.05) is 158 Å². The minimum absolute atomic E-state index is 0.00472. The molecule has 0 unspecified atom stereocenters. The molecule has 0 radical (unpaired) electrons. The standard InChI is InChI=1S/C83H111Cl6N13O18S3/c1-100-51-69(66-45-60(84)48-75(87)72(66)54-100)57-10-4-13-63(42-57)121(109,110)96-27-33-118-39-36-115-30-24-93-80(106)90-21-7-18-83(99-78(103)16-17-79(104)105,19-8-22-91-81(107)94-25-31-116-37-40-119-34-28-97-122(111,112)64-14-5-11-58(43-64)70-52-101(2)55-73-67(70)46-61(85)49-76(73)88)20-9-23-92-82(108)95-26-32-117-38-41-120-35-29-98-123(113,114)65-15-6-12-59(44-65)71-53-102(3)56-74-68(71)47-62(86)50-77(74)89/h4-6,10-15,42-50,69-71,96-98H,7-9,16-41,51-56H2,1-3H3,(H,99,103)(H,104,105)(H2,90,93,106)(H2,91,94,107)(H2,92,95,108)/t69-,70-,71-/m0/s1. The first-order chi connectivity index (χ1) is 58.9. The maximum absolute atomic E-state index is 13.6. The highest BCUT2D eigenvalue weighted by Gasteiger charge is 2.35. The van der Waals surface area contributed by atoms with Crippen molar-refractivity contribution in [3.63, 3.8) is 0 Å². The predicted molar refractivity (Wildman–Crippen MR) is 473 cm³/mol. The van der Waals surface area contributed by atoms with E-state index in [-0.39, 0.29) is 177 Å². The Morgan fingerprint density at radius 1 is 0.382 bits per heavy atom. The lowest BCUT2D eigenvalue weighted by atomic mass is 9.83. The first-order valence-electron chi connectivity index (χ1n) is 40.7. The number of nitrogens with zero attached hydrogens (tertiary/aromatic N) is 3. The summed E-state index contributed by atoms with van der Waals surface area (Å²) in [6.07, 6.45) is 1.15. The van der Waals surface area contributed by atoms with Gasteiger partial charge < -0.3 is 85.4 Å². The minimum atomic E-state index is -3.89. The van der Waals surface area contributed by atoms with Gasteiger partial charge in [-0.1, -0.05) is 106 Å². The number of fused-ring (bicyclic) bond motifs is 3. The van der Waals surface area contributed by atoms with Gasteiger partial charge in [-0.05, 0) is 183 Å². The highest BCUT2D eigenvalue weighted by molar-refractivity contribution is 7.90. The zero-order valence-electron chi connectivity index (χ0n) is 69.1. The van der Waals surface area contributed by atoms with Crippen LogP contribution in [-0.2, 0) is 87.7 Å². The molecular weight excluding hydrogens is 1780 g/mol. The van der Waals surface area contributed by atoms with Gasteiger partial charge >= 0.3 is 24.1 Å². The zero-order chi connectivity index (χ0) is 88.5. The normalized spacial score (nSPS) is 15.8. The van der Waals surface area contributed by atoms with E-state index in [1.807, 2.05) is 57.5 Å². The van der Waals surface area contributed by atoms with Crippen molar-refractivity contribution < 1.29 is 82.8 Å². The number of carboxylic acid groups (broad SMARTS) is 1. The van der Waals surface area contributed by atoms with Crippen LogP contribution in [-0.4, -0.2) is 260 Å². The van der Waals surface area contributed by atoms with Crippen LogP contribution in [0, 0.1) is 0 Å². The lowest BCUT2D eigenvalue weighted by Gasteiger charge is -2.36. The van der Waals surface area contributed by atoms with Crippen molar-refractivity contribution in [2.45, 2.75) is 109 Å². The van der Waals surface area contributed by atoms with Crippen molar-refractivity contribution in [3.05, 3.63) is 189 Å². The van der Waals surface area contributed by atoms with E-state index in [9.17, 15) is 54.3 Å². The van der Waals surface area contributed by atoms with Gasteiger partial charge in [-0.25, -0.2) is 53.8 Å². The van der Waals surface area contributed by atoms with Crippen molar-refractivity contribution in [1.82, 2.24) is 66.1 Å². The van der Waals surface area contributed by atoms with Crippen LogP contribution in [0.3, 0.4) is 0 Å². The molecule has 7 amide bonds. The Morgan fingerprint density at radius 3 is 0.943 bits per heavy atom. The number of hydrogen-bond donors (Lipinski definition) is 11. The van der Waals surface area contributed by atoms with E-state index in [0.717, 1.165) is 50.1 Å². The van der Waals surface area contributed by atoms with Crippen molar-refractivity contribution in [2.75, 3.05) is 179 Å². The smallest absolute Gasteiger partial charge is 0.314 e. The Kier molecular flexibility index (Phi) is 40.7. The van der Waals surface area contributed by atoms with Crippen LogP contribution in [0.5, 0.6) is 0 Å². The first kappa shape index (κ1) is 99.9. The van der Waals surface area contributed by atoms with Crippen LogP contribution in [0.1, 0.15) is 119 Å². The molecule has 11 N–H and O–H groups in total. The summed E-state index contributed by atoms with van der Waals surface area (Å²) in [5.41, 5.74) is 7.16. The predicted octanol–water partition coefficient (Wildman–Crippen LogP) is 9.63. The number of rotatable bonds is 52. The number of benzene rings is 6. The molecule has 0 spiro atoms. The summed E-state index contributed by atoms with van der Waals surface area (Å²) >= 11 is 38.9. The summed E-state index contributed by atoms with van der Waals surface area (Å²) in [6, 6.07) is 29.7. The fourth-order valence-corrected chi connectivity index (χ4v) is 19.9.